The molecule has 3 rings (SSSR count). The average molecular weight is 1280 g/mol. The summed E-state index contributed by atoms with van der Waals surface area (Å²) in [6, 6.07) is 2.45. The molecule has 10 atom stereocenters. The lowest BCUT2D eigenvalue weighted by atomic mass is 9.99. The van der Waals surface area contributed by atoms with E-state index < -0.39 is 169 Å². The molecule has 1 aliphatic rings. The summed E-state index contributed by atoms with van der Waals surface area (Å²) in [5, 5.41) is 56.7. The number of hydrogen-bond acceptors (Lipinski definition) is 17. The van der Waals surface area contributed by atoms with E-state index in [0.29, 0.717) is 30.4 Å². The van der Waals surface area contributed by atoms with Gasteiger partial charge in [0.2, 0.25) is 76.8 Å². The second kappa shape index (κ2) is 38.3. The van der Waals surface area contributed by atoms with Crippen molar-refractivity contribution in [3.8, 4) is 5.75 Å². The Hall–Kier alpha value is -9.26. The molecule has 502 valence electrons. The summed E-state index contributed by atoms with van der Waals surface area (Å²) < 4.78 is 0. The van der Waals surface area contributed by atoms with Gasteiger partial charge >= 0.3 is 5.97 Å². The first kappa shape index (κ1) is 76.0. The van der Waals surface area contributed by atoms with Crippen LogP contribution in [0.4, 0.5) is 0 Å². The number of benzene rings is 2. The molecular weight excluding hydrogens is 1190 g/mol. The maximum Gasteiger partial charge on any atom is 0.305 e. The number of primary amides is 1. The normalized spacial score (nSPS) is 15.7. The average Bonchev–Trinajstić information content (AvgIpc) is 1.83. The Labute approximate surface area is 527 Å². The lowest BCUT2D eigenvalue weighted by Crippen LogP contribution is -2.59. The summed E-state index contributed by atoms with van der Waals surface area (Å²) >= 11 is 0. The molecule has 0 aromatic heterocycles. The van der Waals surface area contributed by atoms with Crippen LogP contribution in [0.15, 0.2) is 54.6 Å². The van der Waals surface area contributed by atoms with Gasteiger partial charge in [0.1, 0.15) is 60.1 Å². The summed E-state index contributed by atoms with van der Waals surface area (Å²) in [5.41, 5.74) is 12.0. The molecule has 31 heteroatoms. The zero-order valence-corrected chi connectivity index (χ0v) is 52.4. The van der Waals surface area contributed by atoms with E-state index >= 15 is 0 Å². The Morgan fingerprint density at radius 1 is 0.560 bits per heavy atom. The van der Waals surface area contributed by atoms with Gasteiger partial charge in [0.15, 0.2) is 0 Å². The van der Waals surface area contributed by atoms with Crippen LogP contribution < -0.4 is 70.0 Å². The van der Waals surface area contributed by atoms with E-state index in [-0.39, 0.29) is 69.2 Å². The maximum absolute atomic E-state index is 13.9. The van der Waals surface area contributed by atoms with E-state index in [2.05, 4.69) is 58.5 Å². The number of nitrogens with zero attached hydrogens (tertiary/aromatic N) is 1. The van der Waals surface area contributed by atoms with Crippen LogP contribution >= 0.6 is 0 Å². The Morgan fingerprint density at radius 2 is 1.05 bits per heavy atom. The van der Waals surface area contributed by atoms with E-state index in [9.17, 15) is 82.4 Å². The summed E-state index contributed by atoms with van der Waals surface area (Å²) in [7, 11) is 0. The number of rotatable bonds is 38. The molecule has 0 unspecified atom stereocenters. The molecule has 2 aromatic rings. The van der Waals surface area contributed by atoms with Crippen molar-refractivity contribution in [3.63, 3.8) is 0 Å². The summed E-state index contributed by atoms with van der Waals surface area (Å²) in [5.74, 6) is -12.6. The highest BCUT2D eigenvalue weighted by Crippen LogP contribution is 2.21. The quantitative estimate of drug-likeness (QED) is 0.0285. The van der Waals surface area contributed by atoms with Gasteiger partial charge in [-0.05, 0) is 100 Å². The molecule has 0 aliphatic carbocycles. The molecule has 13 amide bonds. The highest BCUT2D eigenvalue weighted by atomic mass is 16.4. The standard InChI is InChI=1S/C60H90N14O17/c1-32(2)24-42(57(88)72-43(25-33(3)4)58(89)69-40(16-11-12-22-61)56(87)70-41(52(62)83)28-50(81)82)68-49(80)30-63-47(78)29-64-54(85)44(27-38-18-20-39(77)21-19-38)71-53(84)34(5)66-48(79)31-65-55(86)45(26-37-14-9-8-10-15-37)73-59(90)46-17-13-23-74(46)60(91)51(35(6)75)67-36(7)76/h8-10,14-15,18-21,32-35,40-46,51,75,77H,11-13,16-17,22-31,61H2,1-7H3,(H2,62,83)(H,63,78)(H,64,85)(H,65,86)(H,66,79)(H,67,76)(H,68,80)(H,69,89)(H,70,87)(H,71,84)(H,72,88)(H,73,90)(H,81,82)/t34-,35+,40-,41-,42-,43-,44-,45-,46-,51-/m0/s1. The van der Waals surface area contributed by atoms with E-state index in [4.69, 9.17) is 11.5 Å². The molecular formula is C60H90N14O17. The van der Waals surface area contributed by atoms with Gasteiger partial charge in [-0.2, -0.15) is 0 Å². The number of hydrogen-bond donors (Lipinski definition) is 16. The number of aliphatic hydroxyl groups is 1. The van der Waals surface area contributed by atoms with Gasteiger partial charge in [-0.25, -0.2) is 0 Å². The van der Waals surface area contributed by atoms with E-state index in [1.54, 1.807) is 58.0 Å². The topological polar surface area (TPSA) is 487 Å². The monoisotopic (exact) mass is 1280 g/mol. The van der Waals surface area contributed by atoms with Crippen molar-refractivity contribution in [2.75, 3.05) is 32.7 Å². The highest BCUT2D eigenvalue weighted by molar-refractivity contribution is 5.99. The predicted octanol–water partition coefficient (Wildman–Crippen LogP) is -4.00. The van der Waals surface area contributed by atoms with Crippen molar-refractivity contribution in [3.05, 3.63) is 65.7 Å². The molecule has 2 aromatic carbocycles. The molecule has 1 heterocycles. The van der Waals surface area contributed by atoms with Crippen molar-refractivity contribution in [1.82, 2.24) is 63.4 Å². The molecule has 0 saturated carbocycles. The molecule has 18 N–H and O–H groups in total. The van der Waals surface area contributed by atoms with Gasteiger partial charge in [-0.15, -0.1) is 0 Å². The zero-order chi connectivity index (χ0) is 68.1. The molecule has 0 radical (unpaired) electrons. The lowest BCUT2D eigenvalue weighted by Gasteiger charge is -2.30. The smallest absolute Gasteiger partial charge is 0.305 e. The van der Waals surface area contributed by atoms with Crippen LogP contribution in [0.3, 0.4) is 0 Å². The van der Waals surface area contributed by atoms with E-state index in [0.717, 1.165) is 0 Å². The van der Waals surface area contributed by atoms with Crippen molar-refractivity contribution in [2.45, 2.75) is 173 Å². The molecule has 0 bridgehead atoms. The molecule has 1 saturated heterocycles. The fourth-order valence-electron chi connectivity index (χ4n) is 9.60. The summed E-state index contributed by atoms with van der Waals surface area (Å²) in [4.78, 5) is 185. The number of amides is 13. The minimum absolute atomic E-state index is 0.0268. The van der Waals surface area contributed by atoms with Gasteiger partial charge in [-0.1, -0.05) is 70.2 Å². The fourth-order valence-corrected chi connectivity index (χ4v) is 9.60. The number of nitrogens with two attached hydrogens (primary N) is 2. The van der Waals surface area contributed by atoms with E-state index in [1.165, 1.54) is 49.9 Å². The number of carbonyl (C=O) groups excluding carboxylic acids is 13. The van der Waals surface area contributed by atoms with Crippen molar-refractivity contribution >= 4 is 82.8 Å². The van der Waals surface area contributed by atoms with Crippen LogP contribution in [0.1, 0.15) is 111 Å². The number of phenolic OH excluding ortho intramolecular Hbond substituents is 1. The molecule has 31 nitrogen and oxygen atoms in total. The second-order valence-corrected chi connectivity index (χ2v) is 23.1. The molecule has 91 heavy (non-hydrogen) atoms. The third-order valence-electron chi connectivity index (χ3n) is 14.3. The number of aliphatic hydroxyl groups excluding tert-OH is 1. The minimum atomic E-state index is -1.59. The Balaban J connectivity index is 1.66. The summed E-state index contributed by atoms with van der Waals surface area (Å²) in [6.45, 7) is 9.17. The number of carboxylic acid groups (broad SMARTS) is 1. The third-order valence-corrected chi connectivity index (χ3v) is 14.3. The van der Waals surface area contributed by atoms with Crippen molar-refractivity contribution in [1.29, 1.82) is 0 Å². The van der Waals surface area contributed by atoms with Gasteiger partial charge in [0, 0.05) is 26.3 Å². The first-order chi connectivity index (χ1) is 42.9. The number of aromatic hydroxyl groups is 1. The van der Waals surface area contributed by atoms with Crippen LogP contribution in [0, 0.1) is 11.8 Å². The first-order valence-electron chi connectivity index (χ1n) is 30.1. The molecule has 1 aliphatic heterocycles. The number of unbranched alkanes of at least 4 members (excludes halogenated alkanes) is 1. The third kappa shape index (κ3) is 27.6. The van der Waals surface area contributed by atoms with Crippen LogP contribution in [-0.2, 0) is 80.0 Å². The first-order valence-corrected chi connectivity index (χ1v) is 30.1. The largest absolute Gasteiger partial charge is 0.508 e. The minimum Gasteiger partial charge on any atom is -0.508 e. The second-order valence-electron chi connectivity index (χ2n) is 23.1. The van der Waals surface area contributed by atoms with Gasteiger partial charge < -0.3 is 90.2 Å². The Kier molecular flexibility index (Phi) is 32.0. The molecule has 0 spiro atoms. The fraction of sp³-hybridized carbons (Fsp3) is 0.567. The number of phenols is 1. The summed E-state index contributed by atoms with van der Waals surface area (Å²) in [6.07, 6.45) is -0.749. The number of nitrogens with one attached hydrogen (secondary N) is 11. The molecule has 1 fully saturated rings. The Morgan fingerprint density at radius 3 is 1.59 bits per heavy atom. The van der Waals surface area contributed by atoms with Crippen LogP contribution in [0.2, 0.25) is 0 Å². The zero-order valence-electron chi connectivity index (χ0n) is 52.4. The van der Waals surface area contributed by atoms with Crippen LogP contribution in [-0.4, -0.2) is 196 Å². The number of likely N-dealkylation sites (tertiary alicyclic amines) is 1. The maximum atomic E-state index is 13.9. The van der Waals surface area contributed by atoms with Gasteiger partial charge in [0.05, 0.1) is 32.2 Å². The number of aliphatic carboxylic acids is 1. The van der Waals surface area contributed by atoms with Crippen LogP contribution in [0.25, 0.3) is 0 Å². The number of carboxylic acids is 1. The van der Waals surface area contributed by atoms with Gasteiger partial charge in [0.25, 0.3) is 0 Å². The van der Waals surface area contributed by atoms with E-state index in [1.807, 2.05) is 0 Å². The van der Waals surface area contributed by atoms with Crippen LogP contribution in [0.5, 0.6) is 5.75 Å². The predicted molar refractivity (Wildman–Crippen MR) is 327 cm³/mol. The Bertz CT molecular complexity index is 2860. The van der Waals surface area contributed by atoms with Crippen molar-refractivity contribution < 1.29 is 82.4 Å². The van der Waals surface area contributed by atoms with Crippen molar-refractivity contribution in [2.24, 2.45) is 23.3 Å². The number of carbonyl (C=O) groups is 14. The highest BCUT2D eigenvalue weighted by Gasteiger charge is 2.41. The lowest BCUT2D eigenvalue weighted by molar-refractivity contribution is -0.144. The SMILES string of the molecule is CC(=O)N[C@H](C(=O)N1CCC[C@H]1C(=O)N[C@@H](Cc1ccccc1)C(=O)NCC(=O)N[C@@H](C)C(=O)N[C@@H](Cc1ccc(O)cc1)C(=O)NCC(=O)NCC(=O)N[C@@H](CC(C)C)C(=O)N[C@@H](CC(C)C)C(=O)N[C@@H](CCCCN)C(=O)N[C@@H](CC(=O)O)C(N)=O)[C@@H](C)O. The van der Waals surface area contributed by atoms with Gasteiger partial charge in [-0.3, -0.25) is 67.1 Å².